The monoisotopic (exact) mass is 1030 g/mol. The highest BCUT2D eigenvalue weighted by atomic mass is 16.3. The molecule has 17 N–H and O–H groups in total. The first-order chi connectivity index (χ1) is 35.2. The van der Waals surface area contributed by atoms with Gasteiger partial charge in [-0.2, -0.15) is 10.2 Å². The van der Waals surface area contributed by atoms with Crippen LogP contribution in [0.3, 0.4) is 0 Å². The average Bonchev–Trinajstić information content (AvgIpc) is 3.36. The number of nitrogens with two attached hydrogens (primary N) is 5. The van der Waals surface area contributed by atoms with E-state index >= 15 is 0 Å². The second-order valence-corrected chi connectivity index (χ2v) is 17.9. The number of primary amides is 1. The van der Waals surface area contributed by atoms with Crippen LogP contribution in [0.4, 0.5) is 17.1 Å². The number of guanidine groups is 2. The zero-order valence-corrected chi connectivity index (χ0v) is 42.8. The molecule has 0 saturated carbocycles. The minimum absolute atomic E-state index is 0.00388. The summed E-state index contributed by atoms with van der Waals surface area (Å²) in [6.07, 6.45) is 1.70. The number of carbonyl (C=O) groups excluding carboxylic acids is 7. The Morgan fingerprint density at radius 2 is 1.07 bits per heavy atom. The molecule has 24 heteroatoms. The Morgan fingerprint density at radius 3 is 1.55 bits per heavy atom. The lowest BCUT2D eigenvalue weighted by molar-refractivity contribution is -0.135. The summed E-state index contributed by atoms with van der Waals surface area (Å²) in [7, 11) is 3.88. The van der Waals surface area contributed by atoms with E-state index in [-0.39, 0.29) is 81.7 Å². The van der Waals surface area contributed by atoms with Crippen molar-refractivity contribution < 1.29 is 38.7 Å². The predicted octanol–water partition coefficient (Wildman–Crippen LogP) is 1.10. The molecule has 74 heavy (non-hydrogen) atoms. The van der Waals surface area contributed by atoms with Crippen LogP contribution >= 0.6 is 0 Å². The van der Waals surface area contributed by atoms with E-state index < -0.39 is 71.6 Å². The van der Waals surface area contributed by atoms with E-state index in [0.717, 1.165) is 5.69 Å². The van der Waals surface area contributed by atoms with Crippen molar-refractivity contribution >= 4 is 70.3 Å². The summed E-state index contributed by atoms with van der Waals surface area (Å²) >= 11 is 0. The van der Waals surface area contributed by atoms with Gasteiger partial charge in [-0.1, -0.05) is 32.4 Å². The van der Waals surface area contributed by atoms with Crippen molar-refractivity contribution in [1.82, 2.24) is 31.9 Å². The van der Waals surface area contributed by atoms with Gasteiger partial charge in [0, 0.05) is 58.3 Å². The average molecular weight is 1030 g/mol. The fourth-order valence-corrected chi connectivity index (χ4v) is 7.30. The van der Waals surface area contributed by atoms with Crippen molar-refractivity contribution in [3.63, 3.8) is 0 Å². The van der Waals surface area contributed by atoms with Crippen molar-refractivity contribution in [1.29, 1.82) is 0 Å². The van der Waals surface area contributed by atoms with E-state index in [0.29, 0.717) is 41.8 Å². The Bertz CT molecular complexity index is 2410. The van der Waals surface area contributed by atoms with E-state index in [4.69, 9.17) is 28.7 Å². The summed E-state index contributed by atoms with van der Waals surface area (Å²) in [6, 6.07) is 14.1. The van der Waals surface area contributed by atoms with Gasteiger partial charge in [-0.25, -0.2) is 0 Å². The van der Waals surface area contributed by atoms with Crippen LogP contribution in [-0.2, 0) is 35.2 Å². The minimum atomic E-state index is -1.29. The van der Waals surface area contributed by atoms with Gasteiger partial charge in [0.1, 0.15) is 36.0 Å². The van der Waals surface area contributed by atoms with E-state index in [1.54, 1.807) is 43.3 Å². The number of azo groups is 1. The number of phenols is 1. The molecule has 3 rings (SSSR count). The summed E-state index contributed by atoms with van der Waals surface area (Å²) in [5.74, 6) is -5.40. The van der Waals surface area contributed by atoms with Crippen molar-refractivity contribution in [3.8, 4) is 5.75 Å². The van der Waals surface area contributed by atoms with Crippen LogP contribution in [0.2, 0.25) is 0 Å². The number of phenolic OH excluding ortho intramolecular Hbond substituents is 1. The first-order valence-corrected chi connectivity index (χ1v) is 24.4. The van der Waals surface area contributed by atoms with Crippen LogP contribution in [0.25, 0.3) is 0 Å². The molecule has 0 bridgehead atoms. The van der Waals surface area contributed by atoms with Gasteiger partial charge in [0.25, 0.3) is 5.91 Å². The number of aliphatic imine (C=N–C) groups is 2. The van der Waals surface area contributed by atoms with Gasteiger partial charge in [-0.3, -0.25) is 43.5 Å². The second kappa shape index (κ2) is 31.2. The zero-order valence-electron chi connectivity index (χ0n) is 42.8. The molecular formula is C50H74N16O8. The first-order valence-electron chi connectivity index (χ1n) is 24.4. The number of hydrogen-bond donors (Lipinski definition) is 12. The highest BCUT2D eigenvalue weighted by Gasteiger charge is 2.34. The molecule has 0 saturated heterocycles. The van der Waals surface area contributed by atoms with E-state index in [1.165, 1.54) is 19.1 Å². The summed E-state index contributed by atoms with van der Waals surface area (Å²) in [5.41, 5.74) is 30.8. The number of anilines is 1. The van der Waals surface area contributed by atoms with E-state index in [1.807, 2.05) is 50.2 Å². The van der Waals surface area contributed by atoms with Crippen molar-refractivity contribution in [2.45, 2.75) is 109 Å². The van der Waals surface area contributed by atoms with E-state index in [9.17, 15) is 38.7 Å². The number of unbranched alkanes of at least 4 members (excludes halogenated alkanes) is 1. The lowest BCUT2D eigenvalue weighted by atomic mass is 9.96. The smallest absolute Gasteiger partial charge is 0.251 e. The second-order valence-electron chi connectivity index (χ2n) is 17.9. The normalized spacial score (nSPS) is 13.4. The molecule has 7 amide bonds. The standard InChI is InChI=1S/C50H74N16O8/c1-6-30(2)42(63-47(73)38(59-31(3)67)12-9-27-57-49(52)53)48(74)61-39(11-7-8-26-56-44(70)33-16-18-34(19-17-33)64-65-35-20-22-36(23-21-35)66(4)5)45(71)60-40(13-10-28-58-50(54)55)46(72)62-41(43(51)69)29-32-14-24-37(68)25-15-32/h14-25,30,38-42,68H,6-13,26-29H2,1-5H3,(H2,51,69)(H,56,70)(H,59,67)(H,60,71)(H,61,74)(H,62,72)(H,63,73)(H4,52,53,57)(H4,54,55,58)/t30-,38-,39-,40-,41-,42-/m0/s1. The van der Waals surface area contributed by atoms with Crippen molar-refractivity contribution in [2.24, 2.45) is 54.8 Å². The third-order valence-electron chi connectivity index (χ3n) is 11.7. The van der Waals surface area contributed by atoms with Crippen molar-refractivity contribution in [3.05, 3.63) is 83.9 Å². The molecule has 3 aromatic rings. The molecule has 3 aromatic carbocycles. The van der Waals surface area contributed by atoms with Crippen LogP contribution in [0.5, 0.6) is 5.75 Å². The summed E-state index contributed by atoms with van der Waals surface area (Å²) < 4.78 is 0. The Morgan fingerprint density at radius 1 is 0.595 bits per heavy atom. The van der Waals surface area contributed by atoms with Gasteiger partial charge in [-0.05, 0) is 117 Å². The molecule has 6 atom stereocenters. The highest BCUT2D eigenvalue weighted by molar-refractivity contribution is 5.97. The fourth-order valence-electron chi connectivity index (χ4n) is 7.30. The third-order valence-corrected chi connectivity index (χ3v) is 11.7. The number of nitrogens with zero attached hydrogens (tertiary/aromatic N) is 5. The van der Waals surface area contributed by atoms with Crippen LogP contribution in [-0.4, -0.2) is 122 Å². The molecule has 0 aliphatic carbocycles. The molecule has 0 fully saturated rings. The SMILES string of the molecule is CC[C@H](C)[C@H](NC(=O)[C@H](CCCN=C(N)N)NC(C)=O)C(=O)N[C@@H](CCCCNC(=O)c1ccc(N=Nc2ccc(N(C)C)cc2)cc1)C(=O)N[C@@H](CCCN=C(N)N)C(=O)N[C@@H](Cc1ccc(O)cc1)C(N)=O. The van der Waals surface area contributed by atoms with Gasteiger partial charge >= 0.3 is 0 Å². The minimum Gasteiger partial charge on any atom is -0.508 e. The van der Waals surface area contributed by atoms with Crippen LogP contribution in [0.1, 0.15) is 88.1 Å². The zero-order chi connectivity index (χ0) is 54.7. The first kappa shape index (κ1) is 60.0. The molecule has 0 radical (unpaired) electrons. The van der Waals surface area contributed by atoms with Gasteiger partial charge in [-0.15, -0.1) is 0 Å². The van der Waals surface area contributed by atoms with Gasteiger partial charge in [0.15, 0.2) is 11.9 Å². The molecule has 0 aliphatic rings. The fraction of sp³-hybridized carbons (Fsp3) is 0.460. The maximum Gasteiger partial charge on any atom is 0.251 e. The number of rotatable bonds is 31. The molecule has 0 unspecified atom stereocenters. The highest BCUT2D eigenvalue weighted by Crippen LogP contribution is 2.22. The number of nitrogens with one attached hydrogen (secondary N) is 6. The lowest BCUT2D eigenvalue weighted by Gasteiger charge is -2.29. The predicted molar refractivity (Wildman–Crippen MR) is 283 cm³/mol. The van der Waals surface area contributed by atoms with Crippen LogP contribution in [0, 0.1) is 5.92 Å². The third kappa shape index (κ3) is 22.0. The number of aromatic hydroxyl groups is 1. The van der Waals surface area contributed by atoms with Gasteiger partial charge in [0.05, 0.1) is 11.4 Å². The Hall–Kier alpha value is -8.31. The number of amides is 7. The van der Waals surface area contributed by atoms with Crippen LogP contribution in [0.15, 0.2) is 93.0 Å². The summed E-state index contributed by atoms with van der Waals surface area (Å²) in [5, 5.41) is 34.6. The quantitative estimate of drug-likeness (QED) is 0.0186. The Labute approximate surface area is 431 Å². The lowest BCUT2D eigenvalue weighted by Crippen LogP contribution is -2.60. The van der Waals surface area contributed by atoms with Crippen LogP contribution < -0.4 is 65.5 Å². The number of hydrogen-bond acceptors (Lipinski definition) is 13. The Kier molecular flexibility index (Phi) is 25.3. The molecule has 0 aromatic heterocycles. The van der Waals surface area contributed by atoms with Gasteiger partial charge < -0.3 is 70.6 Å². The molecular weight excluding hydrogens is 953 g/mol. The molecule has 402 valence electrons. The molecule has 0 heterocycles. The number of carbonyl (C=O) groups is 7. The summed E-state index contributed by atoms with van der Waals surface area (Å²) in [4.78, 5) is 104. The Balaban J connectivity index is 1.84. The molecule has 0 aliphatic heterocycles. The maximum absolute atomic E-state index is 14.4. The topological polar surface area (TPSA) is 395 Å². The maximum atomic E-state index is 14.4. The molecule has 24 nitrogen and oxygen atoms in total. The molecule has 0 spiro atoms. The van der Waals surface area contributed by atoms with Crippen molar-refractivity contribution in [2.75, 3.05) is 38.6 Å². The van der Waals surface area contributed by atoms with E-state index in [2.05, 4.69) is 52.1 Å². The summed E-state index contributed by atoms with van der Waals surface area (Å²) in [6.45, 7) is 5.27. The largest absolute Gasteiger partial charge is 0.508 e. The number of benzene rings is 3. The van der Waals surface area contributed by atoms with Gasteiger partial charge in [0.2, 0.25) is 35.4 Å².